The molecular weight excluding hydrogens is 252 g/mol. The van der Waals surface area contributed by atoms with Crippen molar-refractivity contribution in [3.63, 3.8) is 0 Å². The van der Waals surface area contributed by atoms with Gasteiger partial charge in [0.05, 0.1) is 0 Å². The van der Waals surface area contributed by atoms with E-state index < -0.39 is 0 Å². The molecule has 3 rings (SSSR count). The van der Waals surface area contributed by atoms with Gasteiger partial charge < -0.3 is 0 Å². The van der Waals surface area contributed by atoms with Crippen molar-refractivity contribution in [2.75, 3.05) is 0 Å². The van der Waals surface area contributed by atoms with Crippen molar-refractivity contribution >= 4 is 21.5 Å². The summed E-state index contributed by atoms with van der Waals surface area (Å²) < 4.78 is 0. The summed E-state index contributed by atoms with van der Waals surface area (Å²) in [5.74, 6) is 0. The van der Waals surface area contributed by atoms with E-state index in [1.807, 2.05) is 0 Å². The van der Waals surface area contributed by atoms with Crippen molar-refractivity contribution < 1.29 is 0 Å². The van der Waals surface area contributed by atoms with Crippen LogP contribution in [-0.4, -0.2) is 0 Å². The Morgan fingerprint density at radius 1 is 0.667 bits per heavy atom. The number of rotatable bonds is 4. The van der Waals surface area contributed by atoms with Gasteiger partial charge in [-0.15, -0.1) is 0 Å². The SMILES string of the molecule is CCCc1c(CCC)c2ccc(C)cc2c2ccccc12. The van der Waals surface area contributed by atoms with Crippen LogP contribution in [-0.2, 0) is 12.8 Å². The molecule has 0 bridgehead atoms. The molecule has 0 radical (unpaired) electrons. The van der Waals surface area contributed by atoms with Gasteiger partial charge in [-0.05, 0) is 52.4 Å². The fraction of sp³-hybridized carbons (Fsp3) is 0.333. The van der Waals surface area contributed by atoms with Crippen molar-refractivity contribution in [1.82, 2.24) is 0 Å². The highest BCUT2D eigenvalue weighted by Crippen LogP contribution is 2.34. The number of hydrogen-bond donors (Lipinski definition) is 0. The molecule has 0 nitrogen and oxygen atoms in total. The Kier molecular flexibility index (Phi) is 3.96. The van der Waals surface area contributed by atoms with Gasteiger partial charge >= 0.3 is 0 Å². The Hall–Kier alpha value is -1.82. The van der Waals surface area contributed by atoms with Crippen molar-refractivity contribution in [3.8, 4) is 0 Å². The lowest BCUT2D eigenvalue weighted by Gasteiger charge is -2.17. The van der Waals surface area contributed by atoms with Gasteiger partial charge in [0.25, 0.3) is 0 Å². The lowest BCUT2D eigenvalue weighted by molar-refractivity contribution is 0.874. The molecule has 0 amide bonds. The van der Waals surface area contributed by atoms with E-state index in [9.17, 15) is 0 Å². The molecule has 0 fully saturated rings. The van der Waals surface area contributed by atoms with E-state index in [4.69, 9.17) is 0 Å². The van der Waals surface area contributed by atoms with E-state index in [-0.39, 0.29) is 0 Å². The van der Waals surface area contributed by atoms with Crippen molar-refractivity contribution in [3.05, 3.63) is 59.2 Å². The van der Waals surface area contributed by atoms with Crippen molar-refractivity contribution in [2.45, 2.75) is 46.5 Å². The first-order chi connectivity index (χ1) is 10.3. The fourth-order valence-electron chi connectivity index (χ4n) is 3.52. The second-order valence-electron chi connectivity index (χ2n) is 6.05. The van der Waals surface area contributed by atoms with Gasteiger partial charge in [-0.2, -0.15) is 0 Å². The highest BCUT2D eigenvalue weighted by molar-refractivity contribution is 6.11. The van der Waals surface area contributed by atoms with Crippen molar-refractivity contribution in [1.29, 1.82) is 0 Å². The third-order valence-electron chi connectivity index (χ3n) is 4.41. The van der Waals surface area contributed by atoms with Crippen molar-refractivity contribution in [2.24, 2.45) is 0 Å². The number of benzene rings is 3. The largest absolute Gasteiger partial charge is 0.0651 e. The Labute approximate surface area is 127 Å². The second-order valence-corrected chi connectivity index (χ2v) is 6.05. The van der Waals surface area contributed by atoms with Gasteiger partial charge in [-0.3, -0.25) is 0 Å². The van der Waals surface area contributed by atoms with Crippen LogP contribution in [0.4, 0.5) is 0 Å². The van der Waals surface area contributed by atoms with E-state index in [0.29, 0.717) is 0 Å². The first kappa shape index (κ1) is 14.1. The third kappa shape index (κ3) is 2.44. The van der Waals surface area contributed by atoms with Crippen LogP contribution in [0.2, 0.25) is 0 Å². The zero-order chi connectivity index (χ0) is 14.8. The summed E-state index contributed by atoms with van der Waals surface area (Å²) in [6.45, 7) is 6.75. The van der Waals surface area contributed by atoms with Gasteiger partial charge in [0, 0.05) is 0 Å². The molecule has 0 saturated carbocycles. The first-order valence-corrected chi connectivity index (χ1v) is 8.19. The molecular formula is C21H24. The summed E-state index contributed by atoms with van der Waals surface area (Å²) in [4.78, 5) is 0. The first-order valence-electron chi connectivity index (χ1n) is 8.19. The average molecular weight is 276 g/mol. The molecule has 3 aromatic carbocycles. The van der Waals surface area contributed by atoms with Crippen LogP contribution in [0.5, 0.6) is 0 Å². The van der Waals surface area contributed by atoms with E-state index >= 15 is 0 Å². The summed E-state index contributed by atoms with van der Waals surface area (Å²) >= 11 is 0. The van der Waals surface area contributed by atoms with Crippen LogP contribution < -0.4 is 0 Å². The zero-order valence-corrected chi connectivity index (χ0v) is 13.4. The van der Waals surface area contributed by atoms with Crippen LogP contribution >= 0.6 is 0 Å². The Morgan fingerprint density at radius 3 is 1.86 bits per heavy atom. The lowest BCUT2D eigenvalue weighted by Crippen LogP contribution is -1.98. The van der Waals surface area contributed by atoms with Gasteiger partial charge in [0.15, 0.2) is 0 Å². The molecule has 0 aliphatic carbocycles. The van der Waals surface area contributed by atoms with Crippen LogP contribution in [0.15, 0.2) is 42.5 Å². The van der Waals surface area contributed by atoms with E-state index in [1.165, 1.54) is 52.8 Å². The molecule has 21 heavy (non-hydrogen) atoms. The van der Waals surface area contributed by atoms with Gasteiger partial charge in [0.1, 0.15) is 0 Å². The molecule has 0 aromatic heterocycles. The molecule has 0 aliphatic heterocycles. The maximum atomic E-state index is 2.35. The Morgan fingerprint density at radius 2 is 1.24 bits per heavy atom. The zero-order valence-electron chi connectivity index (χ0n) is 13.4. The maximum absolute atomic E-state index is 2.35. The summed E-state index contributed by atoms with van der Waals surface area (Å²) in [6, 6.07) is 15.9. The summed E-state index contributed by atoms with van der Waals surface area (Å²) in [6.07, 6.45) is 4.77. The Bertz CT molecular complexity index is 781. The number of aryl methyl sites for hydroxylation is 3. The quantitative estimate of drug-likeness (QED) is 0.497. The van der Waals surface area contributed by atoms with Crippen LogP contribution in [0.25, 0.3) is 21.5 Å². The molecule has 0 saturated heterocycles. The van der Waals surface area contributed by atoms with E-state index in [1.54, 1.807) is 11.1 Å². The number of hydrogen-bond acceptors (Lipinski definition) is 0. The molecule has 0 unspecified atom stereocenters. The van der Waals surface area contributed by atoms with Crippen LogP contribution in [0, 0.1) is 6.92 Å². The average Bonchev–Trinajstić information content (AvgIpc) is 2.51. The van der Waals surface area contributed by atoms with Gasteiger partial charge in [-0.25, -0.2) is 0 Å². The highest BCUT2D eigenvalue weighted by Gasteiger charge is 2.13. The summed E-state index contributed by atoms with van der Waals surface area (Å²) in [7, 11) is 0. The molecule has 0 heteroatoms. The monoisotopic (exact) mass is 276 g/mol. The van der Waals surface area contributed by atoms with E-state index in [0.717, 1.165) is 0 Å². The normalized spacial score (nSPS) is 11.4. The van der Waals surface area contributed by atoms with Gasteiger partial charge in [-0.1, -0.05) is 74.7 Å². The summed E-state index contributed by atoms with van der Waals surface area (Å²) in [5, 5.41) is 5.76. The van der Waals surface area contributed by atoms with Crippen LogP contribution in [0.3, 0.4) is 0 Å². The van der Waals surface area contributed by atoms with Crippen LogP contribution in [0.1, 0.15) is 43.4 Å². The Balaban J connectivity index is 2.49. The maximum Gasteiger partial charge on any atom is -0.00998 e. The minimum absolute atomic E-state index is 1.18. The molecule has 0 atom stereocenters. The topological polar surface area (TPSA) is 0 Å². The molecule has 0 spiro atoms. The predicted molar refractivity (Wildman–Crippen MR) is 94.2 cm³/mol. The standard InChI is InChI=1S/C21H24/c1-4-8-16-17(9-5-2)20-13-12-15(3)14-21(20)19-11-7-6-10-18(16)19/h6-7,10-14H,4-5,8-9H2,1-3H3. The van der Waals surface area contributed by atoms with Gasteiger partial charge in [0.2, 0.25) is 0 Å². The molecule has 0 heterocycles. The predicted octanol–water partition coefficient (Wildman–Crippen LogP) is 6.21. The number of fused-ring (bicyclic) bond motifs is 3. The molecule has 0 aliphatic rings. The summed E-state index contributed by atoms with van der Waals surface area (Å²) in [5.41, 5.74) is 4.50. The highest BCUT2D eigenvalue weighted by atomic mass is 14.2. The molecule has 0 N–H and O–H groups in total. The lowest BCUT2D eigenvalue weighted by atomic mass is 9.87. The third-order valence-corrected chi connectivity index (χ3v) is 4.41. The molecule has 108 valence electrons. The second kappa shape index (κ2) is 5.89. The minimum atomic E-state index is 1.18. The minimum Gasteiger partial charge on any atom is -0.0651 e. The van der Waals surface area contributed by atoms with E-state index in [2.05, 4.69) is 63.2 Å². The fourth-order valence-corrected chi connectivity index (χ4v) is 3.52. The molecule has 3 aromatic rings. The smallest absolute Gasteiger partial charge is 0.00998 e.